The van der Waals surface area contributed by atoms with Gasteiger partial charge >= 0.3 is 0 Å². The quantitative estimate of drug-likeness (QED) is 0.152. The molecular formula is C79H64N4O. The van der Waals surface area contributed by atoms with E-state index in [2.05, 4.69) is 296 Å². The third-order valence-electron chi connectivity index (χ3n) is 17.7. The molecule has 3 heterocycles. The maximum Gasteiger partial charge on any atom is 0.145 e. The number of para-hydroxylation sites is 1. The van der Waals surface area contributed by atoms with Crippen molar-refractivity contribution in [3.8, 4) is 44.5 Å². The van der Waals surface area contributed by atoms with Gasteiger partial charge in [0.15, 0.2) is 0 Å². The van der Waals surface area contributed by atoms with Crippen LogP contribution in [-0.4, -0.2) is 9.97 Å². The summed E-state index contributed by atoms with van der Waals surface area (Å²) in [7, 11) is 0. The molecule has 0 saturated carbocycles. The second-order valence-corrected chi connectivity index (χ2v) is 25.1. The van der Waals surface area contributed by atoms with Crippen molar-refractivity contribution in [2.24, 2.45) is 0 Å². The largest absolute Gasteiger partial charge is 0.455 e. The normalized spacial score (nSPS) is 13.1. The first kappa shape index (κ1) is 51.1. The van der Waals surface area contributed by atoms with Crippen LogP contribution in [0.1, 0.15) is 86.1 Å². The molecule has 15 rings (SSSR count). The highest BCUT2D eigenvalue weighted by Gasteiger charge is 2.54. The van der Waals surface area contributed by atoms with Gasteiger partial charge in [-0.15, -0.1) is 0 Å². The van der Waals surface area contributed by atoms with E-state index >= 15 is 0 Å². The van der Waals surface area contributed by atoms with Crippen molar-refractivity contribution in [2.75, 3.05) is 9.80 Å². The number of benzene rings is 10. The minimum absolute atomic E-state index is 0.0483. The molecule has 5 heteroatoms. The molecule has 0 N–H and O–H groups in total. The van der Waals surface area contributed by atoms with Crippen LogP contribution in [0.5, 0.6) is 0 Å². The van der Waals surface area contributed by atoms with Gasteiger partial charge in [-0.2, -0.15) is 0 Å². The molecule has 84 heavy (non-hydrogen) atoms. The Labute approximate surface area is 492 Å². The van der Waals surface area contributed by atoms with E-state index in [-0.39, 0.29) is 10.8 Å². The molecule has 0 fully saturated rings. The number of nitrogens with zero attached hydrogens (tertiary/aromatic N) is 4. The average molecular weight is 1090 g/mol. The standard InChI is InChI=1S/C79H64N4O/c1-49-43-62(51-23-11-9-12-24-51)75(80-47-49)82(55-39-35-53(36-40-55)77(3,4)5)68-45-66-71(60-30-16-15-29-59(60)68)73-67(79(66)64-32-20-17-27-57(64)58-28-18-21-33-65(58)79)46-69(72-61-31-19-22-34-70(61)84-74(72)73)83(56-41-37-54(38-42-56)78(6,7)8)76-63(44-50(2)48-81-76)52-25-13-10-14-26-52/h9-48H,1-8H3. The number of furan rings is 1. The lowest BCUT2D eigenvalue weighted by Gasteiger charge is -2.34. The van der Waals surface area contributed by atoms with E-state index in [0.717, 1.165) is 117 Å². The number of fused-ring (bicyclic) bond motifs is 16. The van der Waals surface area contributed by atoms with Crippen molar-refractivity contribution in [3.05, 3.63) is 287 Å². The SMILES string of the molecule is Cc1cnc(N(c2ccc(C(C)(C)C)cc2)c2cc3c(c4ccccc24)-c2c(cc(N(c4ccc(C(C)(C)C)cc4)c4ncc(C)cc4-c4ccccc4)c4c2oc2ccccc24)C32c3ccccc3-c3ccccc32)c(-c2ccccc2)c1. The lowest BCUT2D eigenvalue weighted by molar-refractivity contribution is 0.590. The molecule has 0 bridgehead atoms. The van der Waals surface area contributed by atoms with Crippen LogP contribution in [-0.2, 0) is 16.2 Å². The molecule has 3 aromatic heterocycles. The number of aryl methyl sites for hydroxylation is 2. The molecule has 0 radical (unpaired) electrons. The Morgan fingerprint density at radius 3 is 1.33 bits per heavy atom. The predicted molar refractivity (Wildman–Crippen MR) is 350 cm³/mol. The van der Waals surface area contributed by atoms with E-state index in [0.29, 0.717) is 0 Å². The first-order valence-corrected chi connectivity index (χ1v) is 29.4. The van der Waals surface area contributed by atoms with Gasteiger partial charge in [-0.25, -0.2) is 9.97 Å². The monoisotopic (exact) mass is 1080 g/mol. The fourth-order valence-electron chi connectivity index (χ4n) is 13.8. The van der Waals surface area contributed by atoms with E-state index in [1.165, 1.54) is 38.9 Å². The highest BCUT2D eigenvalue weighted by Crippen LogP contribution is 2.67. The fourth-order valence-corrected chi connectivity index (χ4v) is 13.8. The van der Waals surface area contributed by atoms with Crippen molar-refractivity contribution in [1.82, 2.24) is 9.97 Å². The van der Waals surface area contributed by atoms with E-state index in [9.17, 15) is 0 Å². The van der Waals surface area contributed by atoms with E-state index in [1.54, 1.807) is 0 Å². The van der Waals surface area contributed by atoms with Gasteiger partial charge in [-0.1, -0.05) is 217 Å². The van der Waals surface area contributed by atoms with Gasteiger partial charge in [0.2, 0.25) is 0 Å². The summed E-state index contributed by atoms with van der Waals surface area (Å²) in [4.78, 5) is 15.8. The van der Waals surface area contributed by atoms with Gasteiger partial charge in [0.05, 0.1) is 22.2 Å². The lowest BCUT2D eigenvalue weighted by Crippen LogP contribution is -2.27. The van der Waals surface area contributed by atoms with Crippen molar-refractivity contribution in [1.29, 1.82) is 0 Å². The van der Waals surface area contributed by atoms with E-state index in [4.69, 9.17) is 14.4 Å². The molecule has 0 saturated heterocycles. The smallest absolute Gasteiger partial charge is 0.145 e. The summed E-state index contributed by atoms with van der Waals surface area (Å²) < 4.78 is 7.60. The van der Waals surface area contributed by atoms with Gasteiger partial charge < -0.3 is 4.42 Å². The first-order valence-electron chi connectivity index (χ1n) is 29.4. The maximum absolute atomic E-state index is 7.60. The molecule has 1 spiro atoms. The number of hydrogen-bond acceptors (Lipinski definition) is 5. The molecule has 5 nitrogen and oxygen atoms in total. The lowest BCUT2D eigenvalue weighted by atomic mass is 9.70. The Balaban J connectivity index is 1.11. The Morgan fingerprint density at radius 2 is 0.810 bits per heavy atom. The summed E-state index contributed by atoms with van der Waals surface area (Å²) in [5, 5.41) is 4.29. The molecule has 0 unspecified atom stereocenters. The fraction of sp³-hybridized carbons (Fsp3) is 0.139. The van der Waals surface area contributed by atoms with Crippen molar-refractivity contribution in [2.45, 2.75) is 71.6 Å². The van der Waals surface area contributed by atoms with Gasteiger partial charge in [0, 0.05) is 51.2 Å². The Kier molecular flexibility index (Phi) is 11.6. The summed E-state index contributed by atoms with van der Waals surface area (Å²) in [5.41, 5.74) is 23.2. The summed E-state index contributed by atoms with van der Waals surface area (Å²) >= 11 is 0. The van der Waals surface area contributed by atoms with Crippen LogP contribution >= 0.6 is 0 Å². The zero-order chi connectivity index (χ0) is 57.2. The molecule has 0 aliphatic heterocycles. The molecule has 0 amide bonds. The molecule has 406 valence electrons. The van der Waals surface area contributed by atoms with Gasteiger partial charge in [-0.05, 0) is 157 Å². The zero-order valence-electron chi connectivity index (χ0n) is 48.8. The molecular weight excluding hydrogens is 1020 g/mol. The molecule has 10 aromatic carbocycles. The zero-order valence-corrected chi connectivity index (χ0v) is 48.8. The second kappa shape index (κ2) is 19.1. The summed E-state index contributed by atoms with van der Waals surface area (Å²) in [6.07, 6.45) is 4.03. The highest BCUT2D eigenvalue weighted by molar-refractivity contribution is 6.23. The molecule has 2 aliphatic carbocycles. The van der Waals surface area contributed by atoms with Crippen LogP contribution in [0.15, 0.2) is 247 Å². The van der Waals surface area contributed by atoms with E-state index in [1.807, 2.05) is 12.4 Å². The van der Waals surface area contributed by atoms with Gasteiger partial charge in [0.25, 0.3) is 0 Å². The van der Waals surface area contributed by atoms with Crippen LogP contribution in [0.3, 0.4) is 0 Å². The van der Waals surface area contributed by atoms with Crippen LogP contribution in [0.25, 0.3) is 77.2 Å². The van der Waals surface area contributed by atoms with Crippen LogP contribution in [0, 0.1) is 13.8 Å². The third-order valence-corrected chi connectivity index (χ3v) is 17.7. The third kappa shape index (κ3) is 7.82. The molecule has 0 atom stereocenters. The Hall–Kier alpha value is -9.84. The summed E-state index contributed by atoms with van der Waals surface area (Å²) in [6.45, 7) is 18.0. The minimum Gasteiger partial charge on any atom is -0.455 e. The first-order chi connectivity index (χ1) is 40.8. The number of pyridine rings is 2. The number of hydrogen-bond donors (Lipinski definition) is 0. The van der Waals surface area contributed by atoms with Crippen LogP contribution in [0.2, 0.25) is 0 Å². The highest BCUT2D eigenvalue weighted by atomic mass is 16.3. The van der Waals surface area contributed by atoms with Gasteiger partial charge in [0.1, 0.15) is 22.8 Å². The van der Waals surface area contributed by atoms with Crippen molar-refractivity contribution >= 4 is 67.1 Å². The van der Waals surface area contributed by atoms with Gasteiger partial charge in [-0.3, -0.25) is 9.80 Å². The second-order valence-electron chi connectivity index (χ2n) is 25.1. The van der Waals surface area contributed by atoms with Crippen LogP contribution in [0.4, 0.5) is 34.4 Å². The summed E-state index contributed by atoms with van der Waals surface area (Å²) in [5.74, 6) is 1.69. The number of rotatable bonds is 8. The summed E-state index contributed by atoms with van der Waals surface area (Å²) in [6, 6.07) is 85.3. The van der Waals surface area contributed by atoms with Crippen molar-refractivity contribution < 1.29 is 4.42 Å². The Morgan fingerprint density at radius 1 is 0.381 bits per heavy atom. The minimum atomic E-state index is -0.839. The number of aromatic nitrogens is 2. The topological polar surface area (TPSA) is 45.4 Å². The molecule has 13 aromatic rings. The van der Waals surface area contributed by atoms with Crippen LogP contribution < -0.4 is 9.80 Å². The predicted octanol–water partition coefficient (Wildman–Crippen LogP) is 21.4. The van der Waals surface area contributed by atoms with Crippen molar-refractivity contribution in [3.63, 3.8) is 0 Å². The Bertz CT molecular complexity index is 4710. The van der Waals surface area contributed by atoms with E-state index < -0.39 is 5.41 Å². The molecule has 2 aliphatic rings. The number of anilines is 6. The average Bonchev–Trinajstić information content (AvgIpc) is 1.51. The maximum atomic E-state index is 7.60.